The van der Waals surface area contributed by atoms with Crippen LogP contribution < -0.4 is 0 Å². The zero-order valence-corrected chi connectivity index (χ0v) is 25.4. The Bertz CT molecular complexity index is 1250. The molecule has 0 unspecified atom stereocenters. The number of fused-ring (bicyclic) bond motifs is 5. The van der Waals surface area contributed by atoms with Gasteiger partial charge in [0.05, 0.1) is 24.9 Å². The Balaban J connectivity index is 1.60. The van der Waals surface area contributed by atoms with E-state index in [1.54, 1.807) is 0 Å². The lowest BCUT2D eigenvalue weighted by molar-refractivity contribution is -0.201. The van der Waals surface area contributed by atoms with Gasteiger partial charge in [0.15, 0.2) is 0 Å². The fraction of sp³-hybridized carbons (Fsp3) is 1.00. The van der Waals surface area contributed by atoms with Crippen LogP contribution in [0.4, 0.5) is 0 Å². The van der Waals surface area contributed by atoms with E-state index in [0.29, 0.717) is 44.9 Å². The molecule has 0 bridgehead atoms. The summed E-state index contributed by atoms with van der Waals surface area (Å²) >= 11 is 0. The first-order chi connectivity index (χ1) is 18.2. The van der Waals surface area contributed by atoms with Gasteiger partial charge < -0.3 is 5.11 Å². The molecule has 0 amide bonds. The Kier molecular flexibility index (Phi) is 9.13. The van der Waals surface area contributed by atoms with Gasteiger partial charge >= 0.3 is 31.2 Å². The summed E-state index contributed by atoms with van der Waals surface area (Å²) in [6, 6.07) is 0. The molecule has 16 heteroatoms. The fourth-order valence-electron chi connectivity index (χ4n) is 9.41. The van der Waals surface area contributed by atoms with Crippen molar-refractivity contribution < 1.29 is 56.6 Å². The Morgan fingerprint density at radius 3 is 2.10 bits per heavy atom. The summed E-state index contributed by atoms with van der Waals surface area (Å²) in [5, 5.41) is 11.5. The monoisotopic (exact) mass is 634 g/mol. The van der Waals surface area contributed by atoms with Crippen molar-refractivity contribution in [3.8, 4) is 0 Å². The average Bonchev–Trinajstić information content (AvgIpc) is 3.14. The van der Waals surface area contributed by atoms with Crippen LogP contribution in [0.5, 0.6) is 0 Å². The Morgan fingerprint density at radius 2 is 1.50 bits per heavy atom. The third-order valence-corrected chi connectivity index (χ3v) is 12.5. The van der Waals surface area contributed by atoms with Crippen molar-refractivity contribution in [2.75, 3.05) is 6.61 Å². The van der Waals surface area contributed by atoms with Gasteiger partial charge in [-0.1, -0.05) is 20.8 Å². The number of hydrogen-bond donors (Lipinski definition) is 4. The SMILES string of the molecule is C[C@H](CCCOS(=O)(=O)O)[C@H]1CC[C@H]2[C@@H]3[C@H](O)C[C@H]4C[C@H](OS(=O)(=O)O)CC[C@]4(C)[C@H]3C[C@H](OS(=O)(=O)O)[C@]12C. The molecule has 0 spiro atoms. The largest absolute Gasteiger partial charge is 0.397 e. The highest BCUT2D eigenvalue weighted by Gasteiger charge is 2.67. The van der Waals surface area contributed by atoms with Crippen molar-refractivity contribution in [3.63, 3.8) is 0 Å². The van der Waals surface area contributed by atoms with Crippen LogP contribution >= 0.6 is 0 Å². The fourth-order valence-corrected chi connectivity index (χ4v) is 10.8. The highest BCUT2D eigenvalue weighted by atomic mass is 32.3. The number of rotatable bonds is 10. The number of aliphatic hydroxyl groups excluding tert-OH is 1. The lowest BCUT2D eigenvalue weighted by Crippen LogP contribution is -2.63. The predicted octanol–water partition coefficient (Wildman–Crippen LogP) is 2.84. The van der Waals surface area contributed by atoms with E-state index in [2.05, 4.69) is 11.1 Å². The first-order valence-corrected chi connectivity index (χ1v) is 18.0. The molecule has 4 N–H and O–H groups in total. The second-order valence-electron chi connectivity index (χ2n) is 12.9. The maximum absolute atomic E-state index is 12.1. The molecule has 234 valence electrons. The van der Waals surface area contributed by atoms with Gasteiger partial charge in [-0.05, 0) is 98.7 Å². The summed E-state index contributed by atoms with van der Waals surface area (Å²) in [4.78, 5) is 0. The molecule has 0 aromatic heterocycles. The summed E-state index contributed by atoms with van der Waals surface area (Å²) in [6.07, 6.45) is 2.00. The molecule has 4 fully saturated rings. The van der Waals surface area contributed by atoms with Crippen LogP contribution in [0.3, 0.4) is 0 Å². The molecule has 0 aromatic rings. The number of hydrogen-bond acceptors (Lipinski definition) is 10. The van der Waals surface area contributed by atoms with Crippen molar-refractivity contribution >= 4 is 31.2 Å². The maximum Gasteiger partial charge on any atom is 0.397 e. The molecule has 11 atom stereocenters. The summed E-state index contributed by atoms with van der Waals surface area (Å²) in [7, 11) is -14.0. The van der Waals surface area contributed by atoms with Crippen molar-refractivity contribution in [1.29, 1.82) is 0 Å². The van der Waals surface area contributed by atoms with Crippen LogP contribution in [0.15, 0.2) is 0 Å². The minimum atomic E-state index is -4.81. The highest BCUT2D eigenvalue weighted by Crippen LogP contribution is 2.69. The van der Waals surface area contributed by atoms with E-state index in [9.17, 15) is 39.5 Å². The second kappa shape index (κ2) is 11.2. The van der Waals surface area contributed by atoms with Crippen LogP contribution in [0.1, 0.15) is 78.6 Å². The van der Waals surface area contributed by atoms with E-state index < -0.39 is 54.9 Å². The molecule has 0 radical (unpaired) electrons. The summed E-state index contributed by atoms with van der Waals surface area (Å²) in [6.45, 7) is 5.85. The van der Waals surface area contributed by atoms with Gasteiger partial charge in [0, 0.05) is 5.41 Å². The first kappa shape index (κ1) is 32.5. The zero-order chi connectivity index (χ0) is 29.9. The smallest absolute Gasteiger partial charge is 0.393 e. The quantitative estimate of drug-likeness (QED) is 0.201. The molecule has 0 aromatic carbocycles. The lowest BCUT2D eigenvalue weighted by Gasteiger charge is -2.63. The van der Waals surface area contributed by atoms with E-state index in [1.807, 2.05) is 13.8 Å². The topological polar surface area (TPSA) is 211 Å². The van der Waals surface area contributed by atoms with E-state index in [1.165, 1.54) is 0 Å². The average molecular weight is 635 g/mol. The molecule has 13 nitrogen and oxygen atoms in total. The van der Waals surface area contributed by atoms with Crippen LogP contribution in [0, 0.1) is 46.3 Å². The Hall–Kier alpha value is -0.430. The Morgan fingerprint density at radius 1 is 0.850 bits per heavy atom. The van der Waals surface area contributed by atoms with Gasteiger partial charge in [0.25, 0.3) is 0 Å². The second-order valence-corrected chi connectivity index (χ2v) is 16.1. The standard InChI is InChI=1S/C24H42O13S3/c1-14(5-4-10-35-38(26,27)28)17-6-7-18-22-19(13-21(24(17,18)3)37-40(32,33)34)23(2)9-8-16(36-39(29,30)31)11-15(23)12-20(22)25/h14-22,25H,4-13H2,1-3H3,(H,26,27,28)(H,29,30,31)(H,32,33,34)/t14-,15-,16-,17-,18+,19+,20-,21+,22+,23+,24-/m1/s1. The van der Waals surface area contributed by atoms with E-state index >= 15 is 0 Å². The van der Waals surface area contributed by atoms with Gasteiger partial charge in [0.2, 0.25) is 0 Å². The van der Waals surface area contributed by atoms with E-state index in [-0.39, 0.29) is 54.0 Å². The summed E-state index contributed by atoms with van der Waals surface area (Å²) in [5.74, 6) is -0.603. The summed E-state index contributed by atoms with van der Waals surface area (Å²) in [5.41, 5.74) is -1.09. The molecule has 40 heavy (non-hydrogen) atoms. The predicted molar refractivity (Wildman–Crippen MR) is 141 cm³/mol. The lowest BCUT2D eigenvalue weighted by atomic mass is 9.43. The molecule has 0 saturated heterocycles. The maximum atomic E-state index is 12.1. The third-order valence-electron chi connectivity index (χ3n) is 11.0. The molecule has 4 aliphatic carbocycles. The molecule has 4 rings (SSSR count). The van der Waals surface area contributed by atoms with Crippen LogP contribution in [0.2, 0.25) is 0 Å². The van der Waals surface area contributed by atoms with Gasteiger partial charge in [-0.2, -0.15) is 25.3 Å². The zero-order valence-electron chi connectivity index (χ0n) is 23.0. The van der Waals surface area contributed by atoms with E-state index in [4.69, 9.17) is 12.9 Å². The van der Waals surface area contributed by atoms with Crippen LogP contribution in [-0.4, -0.2) is 68.9 Å². The van der Waals surface area contributed by atoms with Crippen molar-refractivity contribution in [2.45, 2.75) is 96.9 Å². The van der Waals surface area contributed by atoms with Crippen LogP contribution in [-0.2, 0) is 43.7 Å². The minimum absolute atomic E-state index is 0.00105. The molecular formula is C24H42O13S3. The van der Waals surface area contributed by atoms with Gasteiger partial charge in [-0.15, -0.1) is 0 Å². The molecule has 0 heterocycles. The first-order valence-electron chi connectivity index (χ1n) is 13.9. The van der Waals surface area contributed by atoms with Crippen molar-refractivity contribution in [1.82, 2.24) is 0 Å². The van der Waals surface area contributed by atoms with E-state index in [0.717, 1.165) is 6.42 Å². The van der Waals surface area contributed by atoms with Gasteiger partial charge in [0.1, 0.15) is 0 Å². The number of aliphatic hydroxyl groups is 1. The third kappa shape index (κ3) is 6.70. The van der Waals surface area contributed by atoms with Gasteiger partial charge in [-0.3, -0.25) is 13.7 Å². The molecule has 4 saturated carbocycles. The molecular weight excluding hydrogens is 592 g/mol. The van der Waals surface area contributed by atoms with Gasteiger partial charge in [-0.25, -0.2) is 12.5 Å². The van der Waals surface area contributed by atoms with Crippen molar-refractivity contribution in [3.05, 3.63) is 0 Å². The molecule has 4 aliphatic rings. The van der Waals surface area contributed by atoms with Crippen LogP contribution in [0.25, 0.3) is 0 Å². The van der Waals surface area contributed by atoms with Crippen molar-refractivity contribution in [2.24, 2.45) is 46.3 Å². The normalized spacial score (nSPS) is 43.0. The minimum Gasteiger partial charge on any atom is -0.393 e. The Labute approximate surface area is 237 Å². The summed E-state index contributed by atoms with van der Waals surface area (Å²) < 4.78 is 111. The highest BCUT2D eigenvalue weighted by molar-refractivity contribution is 7.81. The molecule has 0 aliphatic heterocycles.